The molecule has 0 atom stereocenters. The van der Waals surface area contributed by atoms with Crippen molar-refractivity contribution in [1.29, 1.82) is 0 Å². The highest BCUT2D eigenvalue weighted by Crippen LogP contribution is 2.26. The molecule has 10 heteroatoms. The first-order valence-corrected chi connectivity index (χ1v) is 11.7. The maximum Gasteiger partial charge on any atom is 0.238 e. The number of hydrogen-bond acceptors (Lipinski definition) is 6. The van der Waals surface area contributed by atoms with E-state index in [4.69, 9.17) is 5.14 Å². The largest absolute Gasteiger partial charge is 0.325 e. The number of anilines is 1. The zero-order chi connectivity index (χ0) is 22.1. The van der Waals surface area contributed by atoms with Gasteiger partial charge in [0.2, 0.25) is 15.9 Å². The van der Waals surface area contributed by atoms with Crippen LogP contribution in [0.2, 0.25) is 0 Å². The van der Waals surface area contributed by atoms with E-state index in [0.717, 1.165) is 28.2 Å². The summed E-state index contributed by atoms with van der Waals surface area (Å²) in [5, 5.41) is 16.9. The molecule has 3 aromatic rings. The summed E-state index contributed by atoms with van der Waals surface area (Å²) in [6.45, 7) is 7.43. The molecule has 0 aliphatic heterocycles. The number of nitrogens with two attached hydrogens (primary N) is 1. The lowest BCUT2D eigenvalue weighted by atomic mass is 10.1. The molecule has 0 aliphatic carbocycles. The Labute approximate surface area is 179 Å². The van der Waals surface area contributed by atoms with Gasteiger partial charge in [0.15, 0.2) is 5.16 Å². The topological polar surface area (TPSA) is 120 Å². The second-order valence-electron chi connectivity index (χ2n) is 6.95. The number of nitrogens with one attached hydrogen (secondary N) is 1. The fourth-order valence-corrected chi connectivity index (χ4v) is 4.38. The molecule has 0 fully saturated rings. The Hall–Kier alpha value is -2.69. The Morgan fingerprint density at radius 3 is 2.47 bits per heavy atom. The van der Waals surface area contributed by atoms with E-state index < -0.39 is 10.0 Å². The first-order valence-electron chi connectivity index (χ1n) is 9.12. The second kappa shape index (κ2) is 8.58. The minimum absolute atomic E-state index is 0.0385. The van der Waals surface area contributed by atoms with Crippen molar-refractivity contribution in [3.63, 3.8) is 0 Å². The number of aromatic nitrogens is 3. The molecule has 0 saturated carbocycles. The lowest BCUT2D eigenvalue weighted by Gasteiger charge is -2.13. The summed E-state index contributed by atoms with van der Waals surface area (Å²) in [4.78, 5) is 12.5. The van der Waals surface area contributed by atoms with E-state index in [1.54, 1.807) is 6.92 Å². The summed E-state index contributed by atoms with van der Waals surface area (Å²) >= 11 is 1.25. The Morgan fingerprint density at radius 1 is 1.10 bits per heavy atom. The van der Waals surface area contributed by atoms with Crippen molar-refractivity contribution in [1.82, 2.24) is 14.8 Å². The Bertz CT molecular complexity index is 1220. The molecule has 3 N–H and O–H groups in total. The van der Waals surface area contributed by atoms with Gasteiger partial charge in [-0.15, -0.1) is 10.2 Å². The number of amides is 1. The first kappa shape index (κ1) is 22.0. The van der Waals surface area contributed by atoms with Crippen LogP contribution in [0.4, 0.5) is 5.69 Å². The molecule has 0 aliphatic rings. The third kappa shape index (κ3) is 4.72. The van der Waals surface area contributed by atoms with E-state index in [9.17, 15) is 13.2 Å². The number of carbonyl (C=O) groups is 1. The van der Waals surface area contributed by atoms with E-state index in [1.807, 2.05) is 49.6 Å². The number of aryl methyl sites for hydroxylation is 3. The molecule has 0 bridgehead atoms. The first-order chi connectivity index (χ1) is 14.1. The number of hydrogen-bond donors (Lipinski definition) is 2. The van der Waals surface area contributed by atoms with Crippen molar-refractivity contribution in [2.45, 2.75) is 37.7 Å². The summed E-state index contributed by atoms with van der Waals surface area (Å²) in [5.74, 6) is 0.521. The average molecular weight is 446 g/mol. The van der Waals surface area contributed by atoms with Crippen molar-refractivity contribution in [3.05, 3.63) is 58.9 Å². The van der Waals surface area contributed by atoms with Gasteiger partial charge < -0.3 is 5.32 Å². The zero-order valence-corrected chi connectivity index (χ0v) is 18.8. The standard InChI is InChI=1S/C20H23N5O3S2/c1-12-7-5-6-8-18(12)25-15(4)23-24-20(25)29-11-19(26)22-17-10-16(30(21,27)28)9-13(2)14(17)3/h5-10H,11H2,1-4H3,(H,22,26)(H2,21,27,28). The third-order valence-corrected chi connectivity index (χ3v) is 6.55. The van der Waals surface area contributed by atoms with Crippen LogP contribution in [-0.4, -0.2) is 34.8 Å². The lowest BCUT2D eigenvalue weighted by molar-refractivity contribution is -0.113. The van der Waals surface area contributed by atoms with Gasteiger partial charge >= 0.3 is 0 Å². The Kier molecular flexibility index (Phi) is 6.30. The van der Waals surface area contributed by atoms with Gasteiger partial charge in [-0.3, -0.25) is 9.36 Å². The predicted octanol–water partition coefficient (Wildman–Crippen LogP) is 2.88. The molecule has 3 rings (SSSR count). The summed E-state index contributed by atoms with van der Waals surface area (Å²) in [6.07, 6.45) is 0. The second-order valence-corrected chi connectivity index (χ2v) is 9.45. The highest BCUT2D eigenvalue weighted by molar-refractivity contribution is 7.99. The maximum absolute atomic E-state index is 12.6. The van der Waals surface area contributed by atoms with Gasteiger partial charge in [0, 0.05) is 5.69 Å². The van der Waals surface area contributed by atoms with E-state index in [2.05, 4.69) is 15.5 Å². The molecule has 0 unspecified atom stereocenters. The molecule has 30 heavy (non-hydrogen) atoms. The van der Waals surface area contributed by atoms with E-state index in [-0.39, 0.29) is 16.6 Å². The molecule has 0 radical (unpaired) electrons. The van der Waals surface area contributed by atoms with E-state index in [0.29, 0.717) is 10.8 Å². The van der Waals surface area contributed by atoms with Crippen molar-refractivity contribution in [3.8, 4) is 5.69 Å². The minimum atomic E-state index is -3.87. The third-order valence-electron chi connectivity index (χ3n) is 4.73. The van der Waals surface area contributed by atoms with Gasteiger partial charge in [-0.25, -0.2) is 13.6 Å². The van der Waals surface area contributed by atoms with E-state index in [1.165, 1.54) is 23.9 Å². The van der Waals surface area contributed by atoms with Crippen molar-refractivity contribution < 1.29 is 13.2 Å². The molecular formula is C20H23N5O3S2. The summed E-state index contributed by atoms with van der Waals surface area (Å²) in [5.41, 5.74) is 3.94. The minimum Gasteiger partial charge on any atom is -0.325 e. The van der Waals surface area contributed by atoms with Gasteiger partial charge in [0.25, 0.3) is 0 Å². The fraction of sp³-hybridized carbons (Fsp3) is 0.250. The number of para-hydroxylation sites is 1. The normalized spacial score (nSPS) is 11.5. The van der Waals surface area contributed by atoms with Gasteiger partial charge in [-0.05, 0) is 62.6 Å². The number of primary sulfonamides is 1. The molecule has 158 valence electrons. The quantitative estimate of drug-likeness (QED) is 0.563. The number of thioether (sulfide) groups is 1. The van der Waals surface area contributed by atoms with Crippen molar-refractivity contribution >= 4 is 33.4 Å². The molecule has 1 amide bonds. The molecule has 1 aromatic heterocycles. The van der Waals surface area contributed by atoms with E-state index >= 15 is 0 Å². The summed E-state index contributed by atoms with van der Waals surface area (Å²) in [6, 6.07) is 10.7. The highest BCUT2D eigenvalue weighted by atomic mass is 32.2. The number of sulfonamides is 1. The molecule has 8 nitrogen and oxygen atoms in total. The summed E-state index contributed by atoms with van der Waals surface area (Å²) < 4.78 is 25.3. The smallest absolute Gasteiger partial charge is 0.238 e. The summed E-state index contributed by atoms with van der Waals surface area (Å²) in [7, 11) is -3.87. The maximum atomic E-state index is 12.6. The van der Waals surface area contributed by atoms with Gasteiger partial charge in [0.05, 0.1) is 16.3 Å². The molecule has 1 heterocycles. The van der Waals surface area contributed by atoms with Crippen LogP contribution >= 0.6 is 11.8 Å². The molecule has 0 spiro atoms. The number of rotatable bonds is 6. The molecule has 2 aromatic carbocycles. The van der Waals surface area contributed by atoms with Crippen LogP contribution in [0.15, 0.2) is 46.5 Å². The van der Waals surface area contributed by atoms with Crippen LogP contribution in [-0.2, 0) is 14.8 Å². The highest BCUT2D eigenvalue weighted by Gasteiger charge is 2.17. The van der Waals surface area contributed by atoms with Crippen LogP contribution in [0.25, 0.3) is 5.69 Å². The van der Waals surface area contributed by atoms with Crippen LogP contribution in [0.5, 0.6) is 0 Å². The van der Waals surface area contributed by atoms with Gasteiger partial charge in [-0.1, -0.05) is 30.0 Å². The SMILES string of the molecule is Cc1ccccc1-n1c(C)nnc1SCC(=O)Nc1cc(S(N)(=O)=O)cc(C)c1C. The van der Waals surface area contributed by atoms with Crippen LogP contribution < -0.4 is 10.5 Å². The number of carbonyl (C=O) groups excluding carboxylic acids is 1. The Balaban J connectivity index is 1.79. The lowest BCUT2D eigenvalue weighted by Crippen LogP contribution is -2.18. The van der Waals surface area contributed by atoms with Gasteiger partial charge in [0.1, 0.15) is 5.82 Å². The zero-order valence-electron chi connectivity index (χ0n) is 17.1. The van der Waals surface area contributed by atoms with Crippen LogP contribution in [0.3, 0.4) is 0 Å². The van der Waals surface area contributed by atoms with Crippen molar-refractivity contribution in [2.24, 2.45) is 5.14 Å². The molecule has 0 saturated heterocycles. The number of nitrogens with zero attached hydrogens (tertiary/aromatic N) is 3. The van der Waals surface area contributed by atoms with Gasteiger partial charge in [-0.2, -0.15) is 0 Å². The number of benzene rings is 2. The molecular weight excluding hydrogens is 422 g/mol. The van der Waals surface area contributed by atoms with Crippen LogP contribution in [0, 0.1) is 27.7 Å². The van der Waals surface area contributed by atoms with Crippen molar-refractivity contribution in [2.75, 3.05) is 11.1 Å². The van der Waals surface area contributed by atoms with Crippen LogP contribution in [0.1, 0.15) is 22.5 Å². The monoisotopic (exact) mass is 445 g/mol. The average Bonchev–Trinajstić information content (AvgIpc) is 3.03. The predicted molar refractivity (Wildman–Crippen MR) is 117 cm³/mol. The Morgan fingerprint density at radius 2 is 1.80 bits per heavy atom. The fourth-order valence-electron chi connectivity index (χ4n) is 2.96.